The summed E-state index contributed by atoms with van der Waals surface area (Å²) < 4.78 is 0. The van der Waals surface area contributed by atoms with E-state index in [9.17, 15) is 10.0 Å². The lowest BCUT2D eigenvalue weighted by Crippen LogP contribution is -2.31. The summed E-state index contributed by atoms with van der Waals surface area (Å²) in [4.78, 5) is 15.7. The van der Waals surface area contributed by atoms with E-state index < -0.39 is 5.91 Å². The van der Waals surface area contributed by atoms with Gasteiger partial charge in [-0.05, 0) is 12.1 Å². The highest BCUT2D eigenvalue weighted by Gasteiger charge is 2.19. The lowest BCUT2D eigenvalue weighted by molar-refractivity contribution is -0.125. The predicted octanol–water partition coefficient (Wildman–Crippen LogP) is 1.35. The molecule has 0 aromatic heterocycles. The largest absolute Gasteiger partial charge is 0.288 e. The van der Waals surface area contributed by atoms with Crippen LogP contribution in [0.1, 0.15) is 5.56 Å². The number of halogens is 1. The summed E-state index contributed by atoms with van der Waals surface area (Å²) in [5.74, 6) is -0.401. The standard InChI is InChI=1S/C15H11ClN2O2/c16-12-7-3-1-5-10(12)15-11-6-2-4-8-13(11)17-14(19)9-18(15)20/h1-8,20H,9H2. The highest BCUT2D eigenvalue weighted by atomic mass is 35.5. The summed E-state index contributed by atoms with van der Waals surface area (Å²) in [6, 6.07) is 14.3. The van der Waals surface area contributed by atoms with Crippen molar-refractivity contribution in [3.05, 3.63) is 69.7 Å². The fraction of sp³-hybridized carbons (Fsp3) is 0.0667. The first-order valence-electron chi connectivity index (χ1n) is 6.09. The molecule has 100 valence electrons. The van der Waals surface area contributed by atoms with Crippen molar-refractivity contribution in [3.63, 3.8) is 0 Å². The van der Waals surface area contributed by atoms with Crippen LogP contribution in [0.25, 0.3) is 5.70 Å². The summed E-state index contributed by atoms with van der Waals surface area (Å²) in [6.45, 7) is -0.199. The molecule has 0 atom stereocenters. The molecule has 0 fully saturated rings. The Morgan fingerprint density at radius 2 is 1.80 bits per heavy atom. The highest BCUT2D eigenvalue weighted by molar-refractivity contribution is 6.32. The molecule has 0 bridgehead atoms. The molecule has 1 heterocycles. The maximum atomic E-state index is 11.7. The number of hydrogen-bond donors (Lipinski definition) is 1. The second-order valence-electron chi connectivity index (χ2n) is 4.41. The van der Waals surface area contributed by atoms with E-state index in [1.807, 2.05) is 18.2 Å². The Labute approximate surface area is 120 Å². The van der Waals surface area contributed by atoms with Crippen LogP contribution < -0.4 is 10.6 Å². The van der Waals surface area contributed by atoms with Crippen molar-refractivity contribution in [2.45, 2.75) is 0 Å². The summed E-state index contributed by atoms with van der Waals surface area (Å²) in [7, 11) is 0. The van der Waals surface area contributed by atoms with Gasteiger partial charge in [0.15, 0.2) is 0 Å². The Balaban J connectivity index is 2.43. The Hall–Kier alpha value is -2.17. The van der Waals surface area contributed by atoms with Crippen LogP contribution >= 0.6 is 11.6 Å². The molecular weight excluding hydrogens is 276 g/mol. The molecule has 0 aliphatic carbocycles. The van der Waals surface area contributed by atoms with Gasteiger partial charge in [-0.2, -0.15) is 0 Å². The van der Waals surface area contributed by atoms with Gasteiger partial charge in [0.25, 0.3) is 5.91 Å². The average molecular weight is 287 g/mol. The Morgan fingerprint density at radius 3 is 2.60 bits per heavy atom. The van der Waals surface area contributed by atoms with Gasteiger partial charge in [0.05, 0.1) is 11.1 Å². The normalized spacial score (nSPS) is 14.6. The van der Waals surface area contributed by atoms with E-state index in [0.29, 0.717) is 26.9 Å². The summed E-state index contributed by atoms with van der Waals surface area (Å²) in [5, 5.41) is 12.8. The third-order valence-corrected chi connectivity index (χ3v) is 3.41. The van der Waals surface area contributed by atoms with Gasteiger partial charge in [-0.15, -0.1) is 0 Å². The zero-order valence-electron chi connectivity index (χ0n) is 10.5. The molecule has 0 saturated heterocycles. The van der Waals surface area contributed by atoms with Crippen LogP contribution in [0.2, 0.25) is 5.02 Å². The van der Waals surface area contributed by atoms with Gasteiger partial charge in [0, 0.05) is 15.8 Å². The molecule has 0 radical (unpaired) electrons. The van der Waals surface area contributed by atoms with Crippen LogP contribution in [0, 0.1) is 0 Å². The maximum Gasteiger partial charge on any atom is 0.268 e. The van der Waals surface area contributed by atoms with Gasteiger partial charge < -0.3 is 0 Å². The fourth-order valence-corrected chi connectivity index (χ4v) is 2.45. The number of hydroxylamine groups is 2. The summed E-state index contributed by atoms with van der Waals surface area (Å²) in [6.07, 6.45) is 0. The lowest BCUT2D eigenvalue weighted by Gasteiger charge is -2.18. The van der Waals surface area contributed by atoms with E-state index in [2.05, 4.69) is 4.99 Å². The fourth-order valence-electron chi connectivity index (χ4n) is 2.22. The molecule has 2 aromatic carbocycles. The van der Waals surface area contributed by atoms with Crippen molar-refractivity contribution < 1.29 is 10.0 Å². The first-order valence-corrected chi connectivity index (χ1v) is 6.47. The zero-order chi connectivity index (χ0) is 14.1. The van der Waals surface area contributed by atoms with Gasteiger partial charge in [-0.25, -0.2) is 10.1 Å². The number of fused-ring (bicyclic) bond motifs is 1. The van der Waals surface area contributed by atoms with E-state index >= 15 is 0 Å². The third-order valence-electron chi connectivity index (χ3n) is 3.08. The summed E-state index contributed by atoms with van der Waals surface area (Å²) >= 11 is 6.20. The molecule has 1 amide bonds. The first-order chi connectivity index (χ1) is 9.66. The predicted molar refractivity (Wildman–Crippen MR) is 74.7 cm³/mol. The van der Waals surface area contributed by atoms with Gasteiger partial charge in [-0.3, -0.25) is 10.0 Å². The number of amides is 1. The molecule has 3 rings (SSSR count). The molecule has 1 N–H and O–H groups in total. The Bertz CT molecular complexity index is 802. The number of benzene rings is 2. The second-order valence-corrected chi connectivity index (χ2v) is 4.82. The minimum absolute atomic E-state index is 0.199. The van der Waals surface area contributed by atoms with Crippen LogP contribution in [0.15, 0.2) is 53.5 Å². The van der Waals surface area contributed by atoms with E-state index in [0.717, 1.165) is 5.06 Å². The smallest absolute Gasteiger partial charge is 0.268 e. The number of rotatable bonds is 1. The van der Waals surface area contributed by atoms with Gasteiger partial charge in [-0.1, -0.05) is 48.0 Å². The molecule has 1 aliphatic heterocycles. The second kappa shape index (κ2) is 5.07. The van der Waals surface area contributed by atoms with Gasteiger partial charge in [0.2, 0.25) is 0 Å². The molecular formula is C15H11ClN2O2. The van der Waals surface area contributed by atoms with E-state index in [1.165, 1.54) is 0 Å². The molecule has 1 aliphatic rings. The monoisotopic (exact) mass is 286 g/mol. The molecule has 5 heteroatoms. The van der Waals surface area contributed by atoms with Crippen molar-refractivity contribution in [1.29, 1.82) is 0 Å². The molecule has 4 nitrogen and oxygen atoms in total. The topological polar surface area (TPSA) is 52.9 Å². The maximum absolute atomic E-state index is 11.7. The van der Waals surface area contributed by atoms with E-state index in [4.69, 9.17) is 11.6 Å². The third kappa shape index (κ3) is 2.19. The number of para-hydroxylation sites is 1. The van der Waals surface area contributed by atoms with Crippen molar-refractivity contribution >= 4 is 23.2 Å². The van der Waals surface area contributed by atoms with E-state index in [-0.39, 0.29) is 6.54 Å². The number of nitrogens with zero attached hydrogens (tertiary/aromatic N) is 2. The molecule has 0 saturated carbocycles. The number of carbonyl (C=O) groups is 1. The molecule has 0 spiro atoms. The molecule has 0 unspecified atom stereocenters. The van der Waals surface area contributed by atoms with Crippen molar-refractivity contribution in [2.24, 2.45) is 4.99 Å². The highest BCUT2D eigenvalue weighted by Crippen LogP contribution is 2.23. The molecule has 2 aromatic rings. The SMILES string of the molecule is O=C1CN(O)C(c2ccccc2Cl)=c2ccccc2=N1. The first kappa shape index (κ1) is 12.8. The number of carbonyl (C=O) groups excluding carboxylic acids is 1. The quantitative estimate of drug-likeness (QED) is 0.861. The van der Waals surface area contributed by atoms with Crippen LogP contribution in [0.4, 0.5) is 0 Å². The van der Waals surface area contributed by atoms with Crippen LogP contribution in [-0.4, -0.2) is 22.7 Å². The Kier molecular flexibility index (Phi) is 3.26. The van der Waals surface area contributed by atoms with Crippen molar-refractivity contribution in [1.82, 2.24) is 5.06 Å². The minimum Gasteiger partial charge on any atom is -0.288 e. The zero-order valence-corrected chi connectivity index (χ0v) is 11.2. The number of hydrogen-bond acceptors (Lipinski definition) is 3. The van der Waals surface area contributed by atoms with Gasteiger partial charge >= 0.3 is 0 Å². The lowest BCUT2D eigenvalue weighted by atomic mass is 10.1. The average Bonchev–Trinajstić information content (AvgIpc) is 2.54. The minimum atomic E-state index is -0.401. The van der Waals surface area contributed by atoms with Crippen LogP contribution in [-0.2, 0) is 4.79 Å². The van der Waals surface area contributed by atoms with E-state index in [1.54, 1.807) is 30.3 Å². The Morgan fingerprint density at radius 1 is 1.10 bits per heavy atom. The van der Waals surface area contributed by atoms with Crippen molar-refractivity contribution in [2.75, 3.05) is 6.54 Å². The van der Waals surface area contributed by atoms with Gasteiger partial charge in [0.1, 0.15) is 6.54 Å². The van der Waals surface area contributed by atoms with Crippen molar-refractivity contribution in [3.8, 4) is 0 Å². The van der Waals surface area contributed by atoms with Crippen LogP contribution in [0.3, 0.4) is 0 Å². The summed E-state index contributed by atoms with van der Waals surface area (Å²) in [5.41, 5.74) is 1.15. The molecule has 20 heavy (non-hydrogen) atoms. The van der Waals surface area contributed by atoms with Crippen LogP contribution in [0.5, 0.6) is 0 Å².